The third-order valence-corrected chi connectivity index (χ3v) is 6.13. The largest absolute Gasteiger partial charge is 0.382 e. The predicted molar refractivity (Wildman–Crippen MR) is 137 cm³/mol. The van der Waals surface area contributed by atoms with Crippen molar-refractivity contribution >= 4 is 17.3 Å². The number of hydrogen-bond donors (Lipinski definition) is 1. The first-order chi connectivity index (χ1) is 17.4. The molecule has 0 amide bonds. The molecule has 4 heterocycles. The van der Waals surface area contributed by atoms with E-state index in [1.54, 1.807) is 57.1 Å². The summed E-state index contributed by atoms with van der Waals surface area (Å²) < 4.78 is 28.8. The Morgan fingerprint density at radius 3 is 2.49 bits per heavy atom. The lowest BCUT2D eigenvalue weighted by Crippen LogP contribution is -2.27. The van der Waals surface area contributed by atoms with Gasteiger partial charge in [0.15, 0.2) is 5.82 Å². The summed E-state index contributed by atoms with van der Waals surface area (Å²) in [7, 11) is 1.64. The molecular formula is C26H25ClF2N6O2. The first kappa shape index (κ1) is 26.3. The SMILES string of the molecule is Cc1cnc(-c2ccnc(C(C)(C)O)n2)cc1-n1c(C)cc(N(C)Cc2ncc(F)cc2F)c(Cl)c1=O. The molecule has 0 fully saturated rings. The van der Waals surface area contributed by atoms with Crippen molar-refractivity contribution in [2.75, 3.05) is 11.9 Å². The molecule has 0 aromatic carbocycles. The van der Waals surface area contributed by atoms with Gasteiger partial charge in [-0.05, 0) is 51.5 Å². The van der Waals surface area contributed by atoms with Crippen LogP contribution in [0.3, 0.4) is 0 Å². The first-order valence-electron chi connectivity index (χ1n) is 11.3. The smallest absolute Gasteiger partial charge is 0.276 e. The molecule has 0 bridgehead atoms. The Balaban J connectivity index is 1.76. The lowest BCUT2D eigenvalue weighted by molar-refractivity contribution is 0.0688. The number of aliphatic hydroxyl groups is 1. The number of aromatic nitrogens is 5. The molecular weight excluding hydrogens is 502 g/mol. The molecule has 4 aromatic heterocycles. The molecule has 0 saturated carbocycles. The standard InChI is InChI=1S/C26H25ClF2N6O2/c1-14-11-31-19(18-6-7-30-25(33-18)26(3,4)37)10-21(14)35-15(2)8-22(23(27)24(35)36)34(5)13-20-17(29)9-16(28)12-32-20/h6-12,37H,13H2,1-5H3. The first-order valence-corrected chi connectivity index (χ1v) is 11.7. The Hall–Kier alpha value is -3.76. The zero-order valence-electron chi connectivity index (χ0n) is 20.9. The number of halogens is 3. The highest BCUT2D eigenvalue weighted by atomic mass is 35.5. The van der Waals surface area contributed by atoms with Gasteiger partial charge in [0.1, 0.15) is 22.3 Å². The number of pyridine rings is 3. The topological polar surface area (TPSA) is 97.0 Å². The number of aryl methyl sites for hydroxylation is 2. The Morgan fingerprint density at radius 1 is 1.08 bits per heavy atom. The molecule has 8 nitrogen and oxygen atoms in total. The van der Waals surface area contributed by atoms with Crippen LogP contribution in [0, 0.1) is 25.5 Å². The van der Waals surface area contributed by atoms with Crippen LogP contribution in [0.25, 0.3) is 17.1 Å². The maximum absolute atomic E-state index is 14.1. The number of rotatable bonds is 6. The van der Waals surface area contributed by atoms with E-state index in [1.165, 1.54) is 10.8 Å². The van der Waals surface area contributed by atoms with Crippen LogP contribution >= 0.6 is 11.6 Å². The molecule has 192 valence electrons. The van der Waals surface area contributed by atoms with Crippen LogP contribution in [-0.2, 0) is 12.1 Å². The van der Waals surface area contributed by atoms with Crippen molar-refractivity contribution in [3.8, 4) is 17.1 Å². The number of anilines is 1. The highest BCUT2D eigenvalue weighted by molar-refractivity contribution is 6.33. The lowest BCUT2D eigenvalue weighted by atomic mass is 10.1. The second kappa shape index (κ2) is 9.95. The van der Waals surface area contributed by atoms with Crippen molar-refractivity contribution in [3.05, 3.63) is 92.6 Å². The molecule has 0 aliphatic carbocycles. The minimum atomic E-state index is -1.24. The summed E-state index contributed by atoms with van der Waals surface area (Å²) in [5.74, 6) is -1.32. The molecule has 4 aromatic rings. The Bertz CT molecular complexity index is 1550. The van der Waals surface area contributed by atoms with Crippen molar-refractivity contribution in [3.63, 3.8) is 0 Å². The summed E-state index contributed by atoms with van der Waals surface area (Å²) in [5, 5.41) is 10.2. The molecule has 0 unspecified atom stereocenters. The highest BCUT2D eigenvalue weighted by Gasteiger charge is 2.22. The van der Waals surface area contributed by atoms with Crippen LogP contribution in [0.15, 0.2) is 47.7 Å². The molecule has 4 rings (SSSR count). The fraction of sp³-hybridized carbons (Fsp3) is 0.269. The predicted octanol–water partition coefficient (Wildman–Crippen LogP) is 4.50. The molecule has 11 heteroatoms. The summed E-state index contributed by atoms with van der Waals surface area (Å²) >= 11 is 6.51. The van der Waals surface area contributed by atoms with Crippen LogP contribution in [-0.4, -0.2) is 36.7 Å². The molecule has 0 atom stereocenters. The summed E-state index contributed by atoms with van der Waals surface area (Å²) in [5.41, 5.74) is 1.50. The quantitative estimate of drug-likeness (QED) is 0.395. The van der Waals surface area contributed by atoms with E-state index in [-0.39, 0.29) is 23.1 Å². The zero-order valence-corrected chi connectivity index (χ0v) is 21.7. The van der Waals surface area contributed by atoms with Gasteiger partial charge in [-0.15, -0.1) is 0 Å². The van der Waals surface area contributed by atoms with E-state index in [0.717, 1.165) is 17.8 Å². The number of nitrogens with zero attached hydrogens (tertiary/aromatic N) is 6. The second-order valence-corrected chi connectivity index (χ2v) is 9.62. The average molecular weight is 527 g/mol. The van der Waals surface area contributed by atoms with E-state index in [1.807, 2.05) is 6.92 Å². The van der Waals surface area contributed by atoms with Crippen LogP contribution in [0.2, 0.25) is 5.02 Å². The van der Waals surface area contributed by atoms with E-state index in [0.29, 0.717) is 28.5 Å². The fourth-order valence-electron chi connectivity index (χ4n) is 3.83. The second-order valence-electron chi connectivity index (χ2n) is 9.24. The Morgan fingerprint density at radius 2 is 1.81 bits per heavy atom. The molecule has 0 aliphatic rings. The molecule has 0 aliphatic heterocycles. The van der Waals surface area contributed by atoms with Gasteiger partial charge in [0, 0.05) is 31.2 Å². The molecule has 0 spiro atoms. The summed E-state index contributed by atoms with van der Waals surface area (Å²) in [6, 6.07) is 5.85. The van der Waals surface area contributed by atoms with Gasteiger partial charge < -0.3 is 10.0 Å². The van der Waals surface area contributed by atoms with Gasteiger partial charge in [-0.1, -0.05) is 11.6 Å². The van der Waals surface area contributed by atoms with E-state index in [4.69, 9.17) is 11.6 Å². The van der Waals surface area contributed by atoms with Crippen LogP contribution in [0.1, 0.15) is 36.6 Å². The van der Waals surface area contributed by atoms with Crippen molar-refractivity contribution in [1.29, 1.82) is 0 Å². The van der Waals surface area contributed by atoms with Crippen molar-refractivity contribution in [1.82, 2.24) is 24.5 Å². The normalized spacial score (nSPS) is 11.6. The number of hydrogen-bond acceptors (Lipinski definition) is 7. The Labute approximate surface area is 217 Å². The van der Waals surface area contributed by atoms with Gasteiger partial charge in [-0.3, -0.25) is 19.3 Å². The maximum atomic E-state index is 14.1. The summed E-state index contributed by atoms with van der Waals surface area (Å²) in [4.78, 5) is 31.8. The van der Waals surface area contributed by atoms with Crippen LogP contribution in [0.5, 0.6) is 0 Å². The van der Waals surface area contributed by atoms with Crippen LogP contribution < -0.4 is 10.5 Å². The fourth-order valence-corrected chi connectivity index (χ4v) is 4.11. The van der Waals surface area contributed by atoms with E-state index < -0.39 is 22.8 Å². The summed E-state index contributed by atoms with van der Waals surface area (Å²) in [6.07, 6.45) is 4.09. The van der Waals surface area contributed by atoms with Gasteiger partial charge in [0.2, 0.25) is 0 Å². The van der Waals surface area contributed by atoms with Gasteiger partial charge in [0.25, 0.3) is 5.56 Å². The molecule has 37 heavy (non-hydrogen) atoms. The minimum absolute atomic E-state index is 0.0201. The third kappa shape index (κ3) is 5.35. The van der Waals surface area contributed by atoms with E-state index >= 15 is 0 Å². The Kier molecular flexibility index (Phi) is 7.07. The molecule has 0 saturated heterocycles. The van der Waals surface area contributed by atoms with Gasteiger partial charge in [-0.2, -0.15) is 0 Å². The van der Waals surface area contributed by atoms with Crippen molar-refractivity contribution in [2.24, 2.45) is 0 Å². The summed E-state index contributed by atoms with van der Waals surface area (Å²) in [6.45, 7) is 6.72. The average Bonchev–Trinajstić information content (AvgIpc) is 2.84. The van der Waals surface area contributed by atoms with Crippen molar-refractivity contribution < 1.29 is 13.9 Å². The maximum Gasteiger partial charge on any atom is 0.276 e. The molecule has 0 radical (unpaired) electrons. The minimum Gasteiger partial charge on any atom is -0.382 e. The lowest BCUT2D eigenvalue weighted by Gasteiger charge is -2.23. The van der Waals surface area contributed by atoms with Crippen molar-refractivity contribution in [2.45, 2.75) is 39.8 Å². The van der Waals surface area contributed by atoms with Gasteiger partial charge in [-0.25, -0.2) is 18.7 Å². The molecule has 1 N–H and O–H groups in total. The van der Waals surface area contributed by atoms with Gasteiger partial charge in [0.05, 0.1) is 41.2 Å². The van der Waals surface area contributed by atoms with Crippen LogP contribution in [0.4, 0.5) is 14.5 Å². The zero-order chi connectivity index (χ0) is 27.1. The van der Waals surface area contributed by atoms with Gasteiger partial charge >= 0.3 is 0 Å². The van der Waals surface area contributed by atoms with E-state index in [9.17, 15) is 18.7 Å². The third-order valence-electron chi connectivity index (χ3n) is 5.78. The highest BCUT2D eigenvalue weighted by Crippen LogP contribution is 2.28. The monoisotopic (exact) mass is 526 g/mol. The van der Waals surface area contributed by atoms with E-state index in [2.05, 4.69) is 19.9 Å².